The number of hydrogen-bond donors (Lipinski definition) is 1. The van der Waals surface area contributed by atoms with Gasteiger partial charge in [-0.1, -0.05) is 11.6 Å². The summed E-state index contributed by atoms with van der Waals surface area (Å²) < 4.78 is 0. The van der Waals surface area contributed by atoms with Gasteiger partial charge in [-0.3, -0.25) is 0 Å². The summed E-state index contributed by atoms with van der Waals surface area (Å²) in [5.74, 6) is 2.01. The number of hydrogen-bond acceptors (Lipinski definition) is 3. The van der Waals surface area contributed by atoms with E-state index in [1.54, 1.807) is 6.20 Å². The summed E-state index contributed by atoms with van der Waals surface area (Å²) in [7, 11) is 0. The summed E-state index contributed by atoms with van der Waals surface area (Å²) >= 11 is 7.82. The van der Waals surface area contributed by atoms with Crippen molar-refractivity contribution < 1.29 is 0 Å². The van der Waals surface area contributed by atoms with Gasteiger partial charge in [0.1, 0.15) is 5.82 Å². The molecule has 0 aliphatic carbocycles. The maximum atomic E-state index is 5.94. The number of thioether (sulfide) groups is 1. The van der Waals surface area contributed by atoms with Crippen LogP contribution in [-0.2, 0) is 0 Å². The number of anilines is 1. The summed E-state index contributed by atoms with van der Waals surface area (Å²) in [4.78, 5) is 4.15. The Morgan fingerprint density at radius 2 is 2.36 bits per heavy atom. The van der Waals surface area contributed by atoms with E-state index in [2.05, 4.69) is 16.6 Å². The minimum absolute atomic E-state index is 0.692. The van der Waals surface area contributed by atoms with Crippen molar-refractivity contribution in [3.63, 3.8) is 0 Å². The zero-order valence-electron chi connectivity index (χ0n) is 8.29. The Morgan fingerprint density at radius 1 is 1.50 bits per heavy atom. The Kier molecular flexibility index (Phi) is 5.80. The summed E-state index contributed by atoms with van der Waals surface area (Å²) in [6.45, 7) is 0.942. The second-order valence-electron chi connectivity index (χ2n) is 2.96. The fraction of sp³-hybridized carbons (Fsp3) is 0.500. The van der Waals surface area contributed by atoms with Crippen molar-refractivity contribution in [1.82, 2.24) is 4.98 Å². The zero-order valence-corrected chi connectivity index (χ0v) is 9.87. The number of halogens is 1. The molecule has 0 saturated carbocycles. The third-order valence-electron chi connectivity index (χ3n) is 1.83. The Labute approximate surface area is 94.5 Å². The van der Waals surface area contributed by atoms with E-state index >= 15 is 0 Å². The van der Waals surface area contributed by atoms with Crippen LogP contribution in [0.3, 0.4) is 0 Å². The third-order valence-corrected chi connectivity index (χ3v) is 2.83. The van der Waals surface area contributed by atoms with Gasteiger partial charge < -0.3 is 5.32 Å². The molecule has 0 atom stereocenters. The standard InChI is InChI=1S/C10H15ClN2S/c1-14-8-3-2-6-12-10-9(11)5-4-7-13-10/h4-5,7H,2-3,6,8H2,1H3,(H,12,13). The first-order valence-electron chi connectivity index (χ1n) is 4.68. The van der Waals surface area contributed by atoms with Gasteiger partial charge in [-0.15, -0.1) is 0 Å². The van der Waals surface area contributed by atoms with E-state index in [-0.39, 0.29) is 0 Å². The van der Waals surface area contributed by atoms with E-state index in [4.69, 9.17) is 11.6 Å². The quantitative estimate of drug-likeness (QED) is 0.760. The Morgan fingerprint density at radius 3 is 3.07 bits per heavy atom. The molecule has 0 saturated heterocycles. The van der Waals surface area contributed by atoms with E-state index in [1.165, 1.54) is 12.2 Å². The van der Waals surface area contributed by atoms with Gasteiger partial charge in [-0.05, 0) is 37.0 Å². The molecule has 2 nitrogen and oxygen atoms in total. The molecule has 4 heteroatoms. The van der Waals surface area contributed by atoms with Gasteiger partial charge in [0.15, 0.2) is 0 Å². The van der Waals surface area contributed by atoms with E-state index in [0.717, 1.165) is 18.8 Å². The van der Waals surface area contributed by atoms with Crippen LogP contribution in [0.25, 0.3) is 0 Å². The lowest BCUT2D eigenvalue weighted by Crippen LogP contribution is -2.03. The van der Waals surface area contributed by atoms with Gasteiger partial charge in [0, 0.05) is 12.7 Å². The van der Waals surface area contributed by atoms with Crippen molar-refractivity contribution >= 4 is 29.2 Å². The molecule has 78 valence electrons. The maximum Gasteiger partial charge on any atom is 0.144 e. The van der Waals surface area contributed by atoms with Crippen LogP contribution >= 0.6 is 23.4 Å². The number of unbranched alkanes of at least 4 members (excludes halogenated alkanes) is 1. The van der Waals surface area contributed by atoms with Crippen molar-refractivity contribution in [3.8, 4) is 0 Å². The summed E-state index contributed by atoms with van der Waals surface area (Å²) in [5, 5.41) is 3.91. The molecule has 0 spiro atoms. The minimum Gasteiger partial charge on any atom is -0.369 e. The second kappa shape index (κ2) is 6.96. The first-order chi connectivity index (χ1) is 6.84. The molecule has 1 aromatic rings. The first kappa shape index (κ1) is 11.7. The third kappa shape index (κ3) is 4.20. The van der Waals surface area contributed by atoms with Crippen LogP contribution in [0.5, 0.6) is 0 Å². The van der Waals surface area contributed by atoms with Crippen molar-refractivity contribution in [2.75, 3.05) is 23.9 Å². The van der Waals surface area contributed by atoms with Crippen LogP contribution in [0.4, 0.5) is 5.82 Å². The molecule has 0 amide bonds. The van der Waals surface area contributed by atoms with Gasteiger partial charge in [-0.25, -0.2) is 4.98 Å². The lowest BCUT2D eigenvalue weighted by atomic mass is 10.3. The highest BCUT2D eigenvalue weighted by Crippen LogP contribution is 2.17. The largest absolute Gasteiger partial charge is 0.369 e. The average molecular weight is 231 g/mol. The number of rotatable bonds is 6. The van der Waals surface area contributed by atoms with Crippen molar-refractivity contribution in [3.05, 3.63) is 23.4 Å². The average Bonchev–Trinajstić information content (AvgIpc) is 2.20. The fourth-order valence-corrected chi connectivity index (χ4v) is 1.78. The molecule has 14 heavy (non-hydrogen) atoms. The number of aromatic nitrogens is 1. The van der Waals surface area contributed by atoms with Crippen molar-refractivity contribution in [1.29, 1.82) is 0 Å². The predicted molar refractivity (Wildman–Crippen MR) is 65.4 cm³/mol. The molecule has 1 heterocycles. The van der Waals surface area contributed by atoms with E-state index < -0.39 is 0 Å². The van der Waals surface area contributed by atoms with Gasteiger partial charge in [0.25, 0.3) is 0 Å². The highest BCUT2D eigenvalue weighted by Gasteiger charge is 1.97. The zero-order chi connectivity index (χ0) is 10.2. The summed E-state index contributed by atoms with van der Waals surface area (Å²) in [5.41, 5.74) is 0. The fourth-order valence-electron chi connectivity index (χ4n) is 1.09. The molecule has 0 bridgehead atoms. The van der Waals surface area contributed by atoms with Crippen LogP contribution < -0.4 is 5.32 Å². The molecule has 1 aromatic heterocycles. The highest BCUT2D eigenvalue weighted by molar-refractivity contribution is 7.98. The number of nitrogens with one attached hydrogen (secondary N) is 1. The topological polar surface area (TPSA) is 24.9 Å². The van der Waals surface area contributed by atoms with Crippen LogP contribution in [-0.4, -0.2) is 23.5 Å². The van der Waals surface area contributed by atoms with Crippen LogP contribution in [0.15, 0.2) is 18.3 Å². The molecule has 0 aliphatic rings. The minimum atomic E-state index is 0.692. The van der Waals surface area contributed by atoms with Crippen molar-refractivity contribution in [2.24, 2.45) is 0 Å². The lowest BCUT2D eigenvalue weighted by molar-refractivity contribution is 0.840. The Balaban J connectivity index is 2.21. The van der Waals surface area contributed by atoms with Gasteiger partial charge in [0.2, 0.25) is 0 Å². The van der Waals surface area contributed by atoms with Crippen LogP contribution in [0.2, 0.25) is 5.02 Å². The van der Waals surface area contributed by atoms with Crippen molar-refractivity contribution in [2.45, 2.75) is 12.8 Å². The van der Waals surface area contributed by atoms with Crippen LogP contribution in [0, 0.1) is 0 Å². The molecule has 0 fully saturated rings. The summed E-state index contributed by atoms with van der Waals surface area (Å²) in [6, 6.07) is 3.68. The molecule has 0 unspecified atom stereocenters. The molecule has 1 rings (SSSR count). The SMILES string of the molecule is CSCCCCNc1ncccc1Cl. The summed E-state index contributed by atoms with van der Waals surface area (Å²) in [6.07, 6.45) is 6.27. The Hall–Kier alpha value is -0.410. The number of pyridine rings is 1. The molecule has 0 aromatic carbocycles. The predicted octanol–water partition coefficient (Wildman–Crippen LogP) is 3.29. The van der Waals surface area contributed by atoms with E-state index in [0.29, 0.717) is 5.02 Å². The normalized spacial score (nSPS) is 10.1. The maximum absolute atomic E-state index is 5.94. The van der Waals surface area contributed by atoms with Gasteiger partial charge in [0.05, 0.1) is 5.02 Å². The lowest BCUT2D eigenvalue weighted by Gasteiger charge is -2.05. The molecular formula is C10H15ClN2S. The van der Waals surface area contributed by atoms with E-state index in [1.807, 2.05) is 23.9 Å². The molecular weight excluding hydrogens is 216 g/mol. The molecule has 1 N–H and O–H groups in total. The second-order valence-corrected chi connectivity index (χ2v) is 4.35. The highest BCUT2D eigenvalue weighted by atomic mass is 35.5. The van der Waals surface area contributed by atoms with E-state index in [9.17, 15) is 0 Å². The smallest absolute Gasteiger partial charge is 0.144 e. The monoisotopic (exact) mass is 230 g/mol. The van der Waals surface area contributed by atoms with Crippen LogP contribution in [0.1, 0.15) is 12.8 Å². The Bertz CT molecular complexity index is 268. The van der Waals surface area contributed by atoms with Gasteiger partial charge >= 0.3 is 0 Å². The first-order valence-corrected chi connectivity index (χ1v) is 6.45. The number of nitrogens with zero attached hydrogens (tertiary/aromatic N) is 1. The van der Waals surface area contributed by atoms with Gasteiger partial charge in [-0.2, -0.15) is 11.8 Å². The molecule has 0 radical (unpaired) electrons. The molecule has 0 aliphatic heterocycles.